The first-order chi connectivity index (χ1) is 9.03. The summed E-state index contributed by atoms with van der Waals surface area (Å²) in [6, 6.07) is 0. The number of aromatic nitrogens is 2. The van der Waals surface area contributed by atoms with Crippen molar-refractivity contribution in [2.75, 3.05) is 13.2 Å². The molecule has 0 fully saturated rings. The number of ether oxygens (including phenoxy) is 1. The predicted molar refractivity (Wildman–Crippen MR) is 74.9 cm³/mol. The number of carbonyl (C=O) groups is 1. The third-order valence-corrected chi connectivity index (χ3v) is 3.27. The largest absolute Gasteiger partial charge is 0.465 e. The fourth-order valence-electron chi connectivity index (χ4n) is 1.94. The Kier molecular flexibility index (Phi) is 6.02. The average Bonchev–Trinajstić information content (AvgIpc) is 2.80. The molecule has 0 bridgehead atoms. The molecule has 1 aromatic heterocycles. The van der Waals surface area contributed by atoms with E-state index in [1.165, 1.54) is 0 Å². The van der Waals surface area contributed by atoms with E-state index in [1.54, 1.807) is 6.20 Å². The van der Waals surface area contributed by atoms with E-state index in [2.05, 4.69) is 17.2 Å². The maximum Gasteiger partial charge on any atom is 0.326 e. The van der Waals surface area contributed by atoms with Crippen molar-refractivity contribution in [1.82, 2.24) is 14.9 Å². The van der Waals surface area contributed by atoms with Gasteiger partial charge >= 0.3 is 5.97 Å². The summed E-state index contributed by atoms with van der Waals surface area (Å²) in [6.07, 6.45) is 5.37. The van der Waals surface area contributed by atoms with Crippen LogP contribution in [0, 0.1) is 6.92 Å². The molecule has 0 saturated heterocycles. The Labute approximate surface area is 115 Å². The minimum Gasteiger partial charge on any atom is -0.465 e. The number of imidazole rings is 1. The molecular formula is C14H25N3O2. The van der Waals surface area contributed by atoms with Gasteiger partial charge < -0.3 is 14.6 Å². The first kappa shape index (κ1) is 15.7. The summed E-state index contributed by atoms with van der Waals surface area (Å²) in [6.45, 7) is 9.74. The molecule has 0 radical (unpaired) electrons. The quantitative estimate of drug-likeness (QED) is 0.731. The van der Waals surface area contributed by atoms with Crippen molar-refractivity contribution >= 4 is 5.97 Å². The zero-order chi connectivity index (χ0) is 14.3. The van der Waals surface area contributed by atoms with Crippen LogP contribution in [0.3, 0.4) is 0 Å². The van der Waals surface area contributed by atoms with E-state index in [0.29, 0.717) is 13.0 Å². The Morgan fingerprint density at radius 3 is 2.79 bits per heavy atom. The van der Waals surface area contributed by atoms with Crippen LogP contribution in [0.4, 0.5) is 0 Å². The molecule has 1 atom stereocenters. The van der Waals surface area contributed by atoms with Crippen molar-refractivity contribution in [3.05, 3.63) is 18.2 Å². The highest BCUT2D eigenvalue weighted by atomic mass is 16.5. The highest BCUT2D eigenvalue weighted by molar-refractivity contribution is 5.80. The second-order valence-corrected chi connectivity index (χ2v) is 4.90. The third kappa shape index (κ3) is 4.35. The van der Waals surface area contributed by atoms with E-state index in [0.717, 1.165) is 25.3 Å². The number of hydrogen-bond acceptors (Lipinski definition) is 4. The van der Waals surface area contributed by atoms with Crippen molar-refractivity contribution in [3.63, 3.8) is 0 Å². The second kappa shape index (κ2) is 7.28. The van der Waals surface area contributed by atoms with E-state index >= 15 is 0 Å². The van der Waals surface area contributed by atoms with Crippen LogP contribution in [0.15, 0.2) is 12.4 Å². The standard InChI is InChI=1S/C14H25N3O2/c1-5-8-16-14(4,13(18)19-6-2)7-10-17-11-9-15-12(17)3/h9,11,16H,5-8,10H2,1-4H3. The molecule has 1 N–H and O–H groups in total. The van der Waals surface area contributed by atoms with Crippen LogP contribution in [-0.2, 0) is 16.1 Å². The van der Waals surface area contributed by atoms with Crippen LogP contribution in [-0.4, -0.2) is 34.2 Å². The van der Waals surface area contributed by atoms with E-state index in [1.807, 2.05) is 31.5 Å². The maximum atomic E-state index is 12.1. The van der Waals surface area contributed by atoms with Gasteiger partial charge in [-0.3, -0.25) is 4.79 Å². The fourth-order valence-corrected chi connectivity index (χ4v) is 1.94. The summed E-state index contributed by atoms with van der Waals surface area (Å²) < 4.78 is 7.22. The SMILES string of the molecule is CCCNC(C)(CCn1ccnc1C)C(=O)OCC. The molecule has 1 unspecified atom stereocenters. The van der Waals surface area contributed by atoms with Gasteiger partial charge in [0.15, 0.2) is 0 Å². The number of rotatable bonds is 8. The normalized spacial score (nSPS) is 14.1. The van der Waals surface area contributed by atoms with Gasteiger partial charge in [0.2, 0.25) is 0 Å². The van der Waals surface area contributed by atoms with Gasteiger partial charge in [0.25, 0.3) is 0 Å². The average molecular weight is 267 g/mol. The van der Waals surface area contributed by atoms with Crippen LogP contribution in [0.2, 0.25) is 0 Å². The van der Waals surface area contributed by atoms with E-state index in [9.17, 15) is 4.79 Å². The highest BCUT2D eigenvalue weighted by Gasteiger charge is 2.33. The van der Waals surface area contributed by atoms with E-state index in [-0.39, 0.29) is 5.97 Å². The maximum absolute atomic E-state index is 12.1. The molecule has 0 saturated carbocycles. The van der Waals surface area contributed by atoms with Gasteiger partial charge in [0, 0.05) is 18.9 Å². The zero-order valence-electron chi connectivity index (χ0n) is 12.4. The van der Waals surface area contributed by atoms with Crippen molar-refractivity contribution in [2.45, 2.75) is 52.6 Å². The molecule has 0 aliphatic rings. The lowest BCUT2D eigenvalue weighted by molar-refractivity contribution is -0.151. The summed E-state index contributed by atoms with van der Waals surface area (Å²) in [5.41, 5.74) is -0.636. The van der Waals surface area contributed by atoms with Crippen molar-refractivity contribution < 1.29 is 9.53 Å². The molecule has 5 heteroatoms. The predicted octanol–water partition coefficient (Wildman–Crippen LogP) is 1.90. The lowest BCUT2D eigenvalue weighted by Crippen LogP contribution is -2.51. The van der Waals surface area contributed by atoms with Crippen LogP contribution in [0.1, 0.15) is 39.4 Å². The number of aryl methyl sites for hydroxylation is 2. The van der Waals surface area contributed by atoms with Crippen LogP contribution >= 0.6 is 0 Å². The molecular weight excluding hydrogens is 242 g/mol. The molecule has 0 aromatic carbocycles. The smallest absolute Gasteiger partial charge is 0.326 e. The minimum absolute atomic E-state index is 0.179. The van der Waals surface area contributed by atoms with Crippen LogP contribution < -0.4 is 5.32 Å². The Morgan fingerprint density at radius 1 is 1.53 bits per heavy atom. The Bertz CT molecular complexity index is 403. The summed E-state index contributed by atoms with van der Waals surface area (Å²) in [4.78, 5) is 16.3. The van der Waals surface area contributed by atoms with Crippen LogP contribution in [0.25, 0.3) is 0 Å². The number of carbonyl (C=O) groups excluding carboxylic acids is 1. The van der Waals surface area contributed by atoms with E-state index < -0.39 is 5.54 Å². The molecule has 0 spiro atoms. The Balaban J connectivity index is 2.68. The third-order valence-electron chi connectivity index (χ3n) is 3.27. The fraction of sp³-hybridized carbons (Fsp3) is 0.714. The molecule has 5 nitrogen and oxygen atoms in total. The summed E-state index contributed by atoms with van der Waals surface area (Å²) in [5, 5.41) is 3.30. The lowest BCUT2D eigenvalue weighted by atomic mass is 9.97. The molecule has 0 amide bonds. The topological polar surface area (TPSA) is 56.2 Å². The van der Waals surface area contributed by atoms with Gasteiger partial charge in [-0.2, -0.15) is 0 Å². The van der Waals surface area contributed by atoms with Crippen LogP contribution in [0.5, 0.6) is 0 Å². The molecule has 0 aliphatic heterocycles. The summed E-state index contributed by atoms with van der Waals surface area (Å²) in [7, 11) is 0. The molecule has 1 rings (SSSR count). The summed E-state index contributed by atoms with van der Waals surface area (Å²) >= 11 is 0. The second-order valence-electron chi connectivity index (χ2n) is 4.90. The number of nitrogens with one attached hydrogen (secondary N) is 1. The first-order valence-corrected chi connectivity index (χ1v) is 6.93. The van der Waals surface area contributed by atoms with Gasteiger partial charge in [-0.05, 0) is 40.2 Å². The van der Waals surface area contributed by atoms with Gasteiger partial charge in [0.05, 0.1) is 6.61 Å². The Morgan fingerprint density at radius 2 is 2.26 bits per heavy atom. The number of hydrogen-bond donors (Lipinski definition) is 1. The highest BCUT2D eigenvalue weighted by Crippen LogP contribution is 2.14. The molecule has 19 heavy (non-hydrogen) atoms. The lowest BCUT2D eigenvalue weighted by Gasteiger charge is -2.28. The van der Waals surface area contributed by atoms with Gasteiger partial charge in [0.1, 0.15) is 11.4 Å². The monoisotopic (exact) mass is 267 g/mol. The molecule has 0 aliphatic carbocycles. The molecule has 1 aromatic rings. The van der Waals surface area contributed by atoms with Crippen molar-refractivity contribution in [1.29, 1.82) is 0 Å². The van der Waals surface area contributed by atoms with Crippen molar-refractivity contribution in [3.8, 4) is 0 Å². The number of nitrogens with zero attached hydrogens (tertiary/aromatic N) is 2. The first-order valence-electron chi connectivity index (χ1n) is 6.93. The van der Waals surface area contributed by atoms with Gasteiger partial charge in [-0.1, -0.05) is 6.92 Å². The Hall–Kier alpha value is -1.36. The zero-order valence-corrected chi connectivity index (χ0v) is 12.4. The summed E-state index contributed by atoms with van der Waals surface area (Å²) in [5.74, 6) is 0.780. The number of esters is 1. The van der Waals surface area contributed by atoms with E-state index in [4.69, 9.17) is 4.74 Å². The van der Waals surface area contributed by atoms with Gasteiger partial charge in [-0.25, -0.2) is 4.98 Å². The van der Waals surface area contributed by atoms with Crippen molar-refractivity contribution in [2.24, 2.45) is 0 Å². The molecule has 1 heterocycles. The molecule has 108 valence electrons. The minimum atomic E-state index is -0.636. The van der Waals surface area contributed by atoms with Gasteiger partial charge in [-0.15, -0.1) is 0 Å².